The van der Waals surface area contributed by atoms with Crippen molar-refractivity contribution in [1.82, 2.24) is 9.78 Å². The van der Waals surface area contributed by atoms with E-state index in [9.17, 15) is 22.8 Å². The van der Waals surface area contributed by atoms with Gasteiger partial charge in [0.25, 0.3) is 5.91 Å². The quantitative estimate of drug-likeness (QED) is 0.729. The highest BCUT2D eigenvalue weighted by Crippen LogP contribution is 2.33. The number of para-hydroxylation sites is 1. The average molecular weight is 398 g/mol. The van der Waals surface area contributed by atoms with Gasteiger partial charge >= 0.3 is 6.18 Å². The molecule has 3 rings (SSSR count). The second kappa shape index (κ2) is 7.59. The zero-order valence-electron chi connectivity index (χ0n) is 15.0. The van der Waals surface area contributed by atoms with Crippen LogP contribution in [-0.2, 0) is 6.18 Å². The number of nitrogens with one attached hydrogen (secondary N) is 1. The number of alkyl halides is 3. The van der Waals surface area contributed by atoms with Crippen molar-refractivity contribution in [2.24, 2.45) is 0 Å². The highest BCUT2D eigenvalue weighted by molar-refractivity contribution is 6.02. The molecule has 1 amide bonds. The van der Waals surface area contributed by atoms with E-state index in [1.165, 1.54) is 49.4 Å². The molecule has 0 aliphatic carbocycles. The smallest absolute Gasteiger partial charge is 0.320 e. The van der Waals surface area contributed by atoms with E-state index < -0.39 is 28.8 Å². The Morgan fingerprint density at radius 3 is 2.41 bits per heavy atom. The molecule has 146 valence electrons. The molecule has 0 radical (unpaired) electrons. The number of hydrogen-bond acceptors (Lipinski definition) is 4. The molecule has 0 aliphatic heterocycles. The maximum atomic E-state index is 13.3. The lowest BCUT2D eigenvalue weighted by molar-refractivity contribution is -0.137. The molecule has 29 heavy (non-hydrogen) atoms. The van der Waals surface area contributed by atoms with E-state index in [1.807, 2.05) is 6.07 Å². The summed E-state index contributed by atoms with van der Waals surface area (Å²) in [6, 6.07) is 13.6. The van der Waals surface area contributed by atoms with Crippen LogP contribution < -0.4 is 10.7 Å². The third-order valence-electron chi connectivity index (χ3n) is 4.03. The third kappa shape index (κ3) is 4.16. The van der Waals surface area contributed by atoms with E-state index in [0.29, 0.717) is 11.3 Å². The first-order valence-electron chi connectivity index (χ1n) is 8.30. The number of carbonyl (C=O) groups is 1. The summed E-state index contributed by atoms with van der Waals surface area (Å²) < 4.78 is 41.0. The molecule has 1 heterocycles. The molecule has 1 aromatic heterocycles. The molecule has 0 atom stereocenters. The van der Waals surface area contributed by atoms with E-state index in [2.05, 4.69) is 10.4 Å². The van der Waals surface area contributed by atoms with Gasteiger partial charge in [0.2, 0.25) is 5.43 Å². The Labute approximate surface area is 162 Å². The van der Waals surface area contributed by atoms with Gasteiger partial charge in [-0.05, 0) is 43.3 Å². The molecule has 0 fully saturated rings. The minimum Gasteiger partial charge on any atom is -0.320 e. The third-order valence-corrected chi connectivity index (χ3v) is 4.03. The monoisotopic (exact) mass is 398 g/mol. The number of aryl methyl sites for hydroxylation is 1. The minimum absolute atomic E-state index is 0.140. The first kappa shape index (κ1) is 19.8. The van der Waals surface area contributed by atoms with Crippen molar-refractivity contribution in [1.29, 1.82) is 5.26 Å². The fourth-order valence-electron chi connectivity index (χ4n) is 2.66. The van der Waals surface area contributed by atoms with Crippen molar-refractivity contribution in [2.45, 2.75) is 13.1 Å². The summed E-state index contributed by atoms with van der Waals surface area (Å²) in [4.78, 5) is 24.7. The van der Waals surface area contributed by atoms with Gasteiger partial charge in [-0.2, -0.15) is 23.5 Å². The lowest BCUT2D eigenvalue weighted by atomic mass is 10.1. The van der Waals surface area contributed by atoms with Crippen molar-refractivity contribution in [3.8, 4) is 11.8 Å². The van der Waals surface area contributed by atoms with Gasteiger partial charge in [0.1, 0.15) is 0 Å². The van der Waals surface area contributed by atoms with Gasteiger partial charge in [0.15, 0.2) is 5.69 Å². The number of anilines is 1. The maximum absolute atomic E-state index is 13.3. The molecule has 9 heteroatoms. The molecule has 0 saturated carbocycles. The van der Waals surface area contributed by atoms with E-state index in [-0.39, 0.29) is 11.4 Å². The number of rotatable bonds is 3. The van der Waals surface area contributed by atoms with Gasteiger partial charge in [-0.25, -0.2) is 4.68 Å². The Hall–Kier alpha value is -3.93. The van der Waals surface area contributed by atoms with Crippen molar-refractivity contribution >= 4 is 11.6 Å². The fourth-order valence-corrected chi connectivity index (χ4v) is 2.66. The van der Waals surface area contributed by atoms with E-state index >= 15 is 0 Å². The number of carbonyl (C=O) groups excluding carboxylic acids is 1. The van der Waals surface area contributed by atoms with Crippen molar-refractivity contribution in [2.75, 3.05) is 5.32 Å². The lowest BCUT2D eigenvalue weighted by Crippen LogP contribution is -2.27. The maximum Gasteiger partial charge on any atom is 0.418 e. The molecule has 1 N–H and O–H groups in total. The SMILES string of the molecule is Cc1cc(=O)c(C(=O)Nc2ccc(C#N)cc2)nn1-c1ccccc1C(F)(F)F. The minimum atomic E-state index is -4.64. The Bertz CT molecular complexity index is 1180. The van der Waals surface area contributed by atoms with Gasteiger partial charge in [0.05, 0.1) is 22.9 Å². The molecule has 0 bridgehead atoms. The lowest BCUT2D eigenvalue weighted by Gasteiger charge is -2.16. The van der Waals surface area contributed by atoms with Crippen LogP contribution in [0.4, 0.5) is 18.9 Å². The normalized spacial score (nSPS) is 11.0. The Kier molecular flexibility index (Phi) is 5.19. The number of hydrogen-bond donors (Lipinski definition) is 1. The number of nitriles is 1. The first-order valence-corrected chi connectivity index (χ1v) is 8.30. The standard InChI is InChI=1S/C20H13F3N4O2/c1-12-10-17(28)18(19(29)25-14-8-6-13(11-24)7-9-14)26-27(12)16-5-3-2-4-15(16)20(21,22)23/h2-10H,1H3,(H,25,29). The molecule has 2 aromatic carbocycles. The van der Waals surface area contributed by atoms with E-state index in [1.54, 1.807) is 0 Å². The summed E-state index contributed by atoms with van der Waals surface area (Å²) in [5, 5.41) is 15.1. The number of nitrogens with zero attached hydrogens (tertiary/aromatic N) is 3. The van der Waals surface area contributed by atoms with Crippen LogP contribution in [-0.4, -0.2) is 15.7 Å². The molecule has 3 aromatic rings. The molecular formula is C20H13F3N4O2. The molecular weight excluding hydrogens is 385 g/mol. The number of halogens is 3. The van der Waals surface area contributed by atoms with Gasteiger partial charge in [0, 0.05) is 17.4 Å². The molecule has 0 unspecified atom stereocenters. The largest absolute Gasteiger partial charge is 0.418 e. The van der Waals surface area contributed by atoms with Crippen LogP contribution in [0, 0.1) is 18.3 Å². The predicted molar refractivity (Wildman–Crippen MR) is 98.7 cm³/mol. The molecule has 6 nitrogen and oxygen atoms in total. The molecule has 0 spiro atoms. The highest BCUT2D eigenvalue weighted by atomic mass is 19.4. The first-order chi connectivity index (χ1) is 13.7. The van der Waals surface area contributed by atoms with Crippen LogP contribution in [0.5, 0.6) is 0 Å². The topological polar surface area (TPSA) is 87.8 Å². The summed E-state index contributed by atoms with van der Waals surface area (Å²) in [5.74, 6) is -0.877. The summed E-state index contributed by atoms with van der Waals surface area (Å²) >= 11 is 0. The second-order valence-corrected chi connectivity index (χ2v) is 6.07. The predicted octanol–water partition coefficient (Wildman–Crippen LogP) is 3.68. The second-order valence-electron chi connectivity index (χ2n) is 6.07. The Morgan fingerprint density at radius 2 is 1.79 bits per heavy atom. The summed E-state index contributed by atoms with van der Waals surface area (Å²) in [7, 11) is 0. The zero-order valence-corrected chi connectivity index (χ0v) is 15.0. The number of aromatic nitrogens is 2. The number of amides is 1. The van der Waals surface area contributed by atoms with Crippen LogP contribution in [0.25, 0.3) is 5.69 Å². The fraction of sp³-hybridized carbons (Fsp3) is 0.100. The average Bonchev–Trinajstić information content (AvgIpc) is 2.68. The van der Waals surface area contributed by atoms with Gasteiger partial charge in [-0.3, -0.25) is 9.59 Å². The Morgan fingerprint density at radius 1 is 1.14 bits per heavy atom. The zero-order chi connectivity index (χ0) is 21.2. The van der Waals surface area contributed by atoms with Crippen LogP contribution in [0.15, 0.2) is 59.4 Å². The van der Waals surface area contributed by atoms with Crippen LogP contribution in [0.1, 0.15) is 27.3 Å². The van der Waals surface area contributed by atoms with Crippen LogP contribution in [0.3, 0.4) is 0 Å². The van der Waals surface area contributed by atoms with Crippen molar-refractivity contribution in [3.05, 3.63) is 87.3 Å². The summed E-state index contributed by atoms with van der Waals surface area (Å²) in [5.41, 5.74) is -1.71. The summed E-state index contributed by atoms with van der Waals surface area (Å²) in [6.07, 6.45) is -4.64. The van der Waals surface area contributed by atoms with Crippen LogP contribution in [0.2, 0.25) is 0 Å². The van der Waals surface area contributed by atoms with E-state index in [0.717, 1.165) is 16.8 Å². The van der Waals surface area contributed by atoms with Gasteiger partial charge in [-0.1, -0.05) is 12.1 Å². The number of benzene rings is 2. The van der Waals surface area contributed by atoms with Gasteiger partial charge < -0.3 is 5.32 Å². The van der Waals surface area contributed by atoms with Crippen LogP contribution >= 0.6 is 0 Å². The molecule has 0 saturated heterocycles. The van der Waals surface area contributed by atoms with Gasteiger partial charge in [-0.15, -0.1) is 0 Å². The van der Waals surface area contributed by atoms with Crippen molar-refractivity contribution < 1.29 is 18.0 Å². The van der Waals surface area contributed by atoms with E-state index in [4.69, 9.17) is 5.26 Å². The Balaban J connectivity index is 2.04. The molecule has 0 aliphatic rings. The van der Waals surface area contributed by atoms with Crippen molar-refractivity contribution in [3.63, 3.8) is 0 Å². The summed E-state index contributed by atoms with van der Waals surface area (Å²) in [6.45, 7) is 1.42. The highest BCUT2D eigenvalue weighted by Gasteiger charge is 2.34.